The number of nitrogens with two attached hydrogens (primary N) is 1. The van der Waals surface area contributed by atoms with E-state index in [9.17, 15) is 0 Å². The Bertz CT molecular complexity index is 611. The number of nitrogens with zero attached hydrogens (tertiary/aromatic N) is 1. The van der Waals surface area contributed by atoms with E-state index in [-0.39, 0.29) is 12.4 Å². The normalized spacial score (nSPS) is 10.2. The highest BCUT2D eigenvalue weighted by atomic mass is 16.5. The van der Waals surface area contributed by atoms with Crippen LogP contribution in [0.15, 0.2) is 36.4 Å². The largest absolute Gasteiger partial charge is 0.439 e. The van der Waals surface area contributed by atoms with Crippen molar-refractivity contribution in [2.45, 2.75) is 13.5 Å². The lowest BCUT2D eigenvalue weighted by Gasteiger charge is -2.08. The molecular weight excluding hydrogens is 242 g/mol. The van der Waals surface area contributed by atoms with Crippen molar-refractivity contribution in [2.24, 2.45) is 5.73 Å². The molecule has 0 radical (unpaired) electrons. The van der Waals surface area contributed by atoms with Gasteiger partial charge < -0.3 is 15.6 Å². The maximum absolute atomic E-state index is 9.07. The van der Waals surface area contributed by atoms with Crippen LogP contribution >= 0.6 is 0 Å². The molecule has 0 saturated carbocycles. The molecule has 19 heavy (non-hydrogen) atoms. The maximum Gasteiger partial charge on any atom is 0.220 e. The summed E-state index contributed by atoms with van der Waals surface area (Å²) in [7, 11) is 0. The molecule has 0 amide bonds. The molecule has 5 heteroatoms. The Morgan fingerprint density at radius 2 is 2.16 bits per heavy atom. The van der Waals surface area contributed by atoms with Crippen LogP contribution in [-0.2, 0) is 6.61 Å². The Hall–Kier alpha value is -2.40. The van der Waals surface area contributed by atoms with Crippen LogP contribution in [-0.4, -0.2) is 15.9 Å². The zero-order chi connectivity index (χ0) is 13.8. The second-order valence-corrected chi connectivity index (χ2v) is 4.16. The monoisotopic (exact) mass is 257 g/mol. The third-order valence-corrected chi connectivity index (χ3v) is 2.54. The van der Waals surface area contributed by atoms with Crippen LogP contribution in [0.2, 0.25) is 0 Å². The van der Waals surface area contributed by atoms with E-state index < -0.39 is 0 Å². The topological polar surface area (TPSA) is 92.2 Å². The molecule has 1 aromatic heterocycles. The molecule has 0 fully saturated rings. The summed E-state index contributed by atoms with van der Waals surface area (Å²) in [6.45, 7) is 1.76. The minimum atomic E-state index is -0.0445. The summed E-state index contributed by atoms with van der Waals surface area (Å²) in [6.07, 6.45) is 0. The second kappa shape index (κ2) is 5.49. The first kappa shape index (κ1) is 13.0. The van der Waals surface area contributed by atoms with E-state index in [4.69, 9.17) is 21.0 Å². The maximum atomic E-state index is 9.07. The first-order chi connectivity index (χ1) is 9.08. The molecule has 0 unspecified atom stereocenters. The number of aryl methyl sites for hydroxylation is 1. The third-order valence-electron chi connectivity index (χ3n) is 2.54. The van der Waals surface area contributed by atoms with Gasteiger partial charge in [-0.05, 0) is 30.7 Å². The molecule has 98 valence electrons. The molecule has 0 bridgehead atoms. The third kappa shape index (κ3) is 3.29. The molecule has 1 aromatic carbocycles. The number of amidine groups is 1. The van der Waals surface area contributed by atoms with Gasteiger partial charge in [0.1, 0.15) is 11.6 Å². The molecular formula is C14H15N3O2. The van der Waals surface area contributed by atoms with Crippen LogP contribution in [0.1, 0.15) is 16.8 Å². The van der Waals surface area contributed by atoms with Crippen molar-refractivity contribution >= 4 is 5.84 Å². The SMILES string of the molecule is Cc1cc(C(=N)N)cc(Oc2cccc(CO)c2)n1. The zero-order valence-corrected chi connectivity index (χ0v) is 10.6. The fraction of sp³-hybridized carbons (Fsp3) is 0.143. The van der Waals surface area contributed by atoms with E-state index in [0.29, 0.717) is 17.2 Å². The highest BCUT2D eigenvalue weighted by Crippen LogP contribution is 2.22. The fourth-order valence-electron chi connectivity index (χ4n) is 1.67. The van der Waals surface area contributed by atoms with Gasteiger partial charge in [-0.15, -0.1) is 0 Å². The molecule has 0 aliphatic heterocycles. The number of nitrogens with one attached hydrogen (secondary N) is 1. The number of nitrogen functional groups attached to an aromatic ring is 1. The molecule has 0 aliphatic carbocycles. The van der Waals surface area contributed by atoms with Crippen molar-refractivity contribution in [2.75, 3.05) is 0 Å². The van der Waals surface area contributed by atoms with Gasteiger partial charge in [0, 0.05) is 17.3 Å². The summed E-state index contributed by atoms with van der Waals surface area (Å²) in [5.41, 5.74) is 7.51. The highest BCUT2D eigenvalue weighted by molar-refractivity contribution is 5.95. The van der Waals surface area contributed by atoms with Crippen LogP contribution in [0.25, 0.3) is 0 Å². The first-order valence-corrected chi connectivity index (χ1v) is 5.79. The van der Waals surface area contributed by atoms with Crippen LogP contribution in [0.3, 0.4) is 0 Å². The molecule has 2 rings (SSSR count). The van der Waals surface area contributed by atoms with Gasteiger partial charge in [0.05, 0.1) is 6.61 Å². The minimum Gasteiger partial charge on any atom is -0.439 e. The number of aromatic nitrogens is 1. The van der Waals surface area contributed by atoms with Crippen molar-refractivity contribution in [3.8, 4) is 11.6 Å². The average molecular weight is 257 g/mol. The molecule has 2 aromatic rings. The lowest BCUT2D eigenvalue weighted by Crippen LogP contribution is -2.11. The van der Waals surface area contributed by atoms with Gasteiger partial charge in [-0.25, -0.2) is 4.98 Å². The summed E-state index contributed by atoms with van der Waals surface area (Å²) in [5, 5.41) is 16.5. The standard InChI is InChI=1S/C14H15N3O2/c1-9-5-11(14(15)16)7-13(17-9)19-12-4-2-3-10(6-12)8-18/h2-7,18H,8H2,1H3,(H3,15,16). The van der Waals surface area contributed by atoms with Crippen LogP contribution in [0.5, 0.6) is 11.6 Å². The predicted octanol–water partition coefficient (Wildman–Crippen LogP) is 1.96. The van der Waals surface area contributed by atoms with Crippen LogP contribution < -0.4 is 10.5 Å². The van der Waals surface area contributed by atoms with Crippen molar-refractivity contribution < 1.29 is 9.84 Å². The lowest BCUT2D eigenvalue weighted by atomic mass is 10.2. The molecule has 0 aliphatic rings. The Morgan fingerprint density at radius 1 is 1.37 bits per heavy atom. The van der Waals surface area contributed by atoms with Gasteiger partial charge in [0.25, 0.3) is 0 Å². The van der Waals surface area contributed by atoms with Gasteiger partial charge in [0.2, 0.25) is 5.88 Å². The summed E-state index contributed by atoms with van der Waals surface area (Å²) in [5.74, 6) is 0.930. The van der Waals surface area contributed by atoms with Gasteiger partial charge in [0.15, 0.2) is 0 Å². The fourth-order valence-corrected chi connectivity index (χ4v) is 1.67. The number of pyridine rings is 1. The second-order valence-electron chi connectivity index (χ2n) is 4.16. The summed E-state index contributed by atoms with van der Waals surface area (Å²) in [4.78, 5) is 4.23. The summed E-state index contributed by atoms with van der Waals surface area (Å²) >= 11 is 0. The van der Waals surface area contributed by atoms with Crippen LogP contribution in [0.4, 0.5) is 0 Å². The number of hydrogen-bond donors (Lipinski definition) is 3. The summed E-state index contributed by atoms with van der Waals surface area (Å²) < 4.78 is 5.62. The molecule has 0 atom stereocenters. The lowest BCUT2D eigenvalue weighted by molar-refractivity contribution is 0.281. The van der Waals surface area contributed by atoms with E-state index in [2.05, 4.69) is 4.98 Å². The van der Waals surface area contributed by atoms with Crippen molar-refractivity contribution in [1.82, 2.24) is 4.98 Å². The number of hydrogen-bond acceptors (Lipinski definition) is 4. The molecule has 4 N–H and O–H groups in total. The molecule has 1 heterocycles. The van der Waals surface area contributed by atoms with Crippen LogP contribution in [0, 0.1) is 12.3 Å². The minimum absolute atomic E-state index is 0.0283. The van der Waals surface area contributed by atoms with Gasteiger partial charge >= 0.3 is 0 Å². The van der Waals surface area contributed by atoms with Gasteiger partial charge in [-0.2, -0.15) is 0 Å². The molecule has 0 spiro atoms. The quantitative estimate of drug-likeness (QED) is 0.576. The first-order valence-electron chi connectivity index (χ1n) is 5.79. The number of aliphatic hydroxyl groups excluding tert-OH is 1. The van der Waals surface area contributed by atoms with Gasteiger partial charge in [-0.1, -0.05) is 12.1 Å². The molecule has 5 nitrogen and oxygen atoms in total. The zero-order valence-electron chi connectivity index (χ0n) is 10.6. The van der Waals surface area contributed by atoms with Gasteiger partial charge in [-0.3, -0.25) is 5.41 Å². The van der Waals surface area contributed by atoms with E-state index >= 15 is 0 Å². The number of aliphatic hydroxyl groups is 1. The van der Waals surface area contributed by atoms with Crippen molar-refractivity contribution in [3.63, 3.8) is 0 Å². The highest BCUT2D eigenvalue weighted by Gasteiger charge is 2.05. The Kier molecular flexibility index (Phi) is 3.77. The van der Waals surface area contributed by atoms with E-state index in [1.54, 1.807) is 36.4 Å². The number of benzene rings is 1. The van der Waals surface area contributed by atoms with Crippen molar-refractivity contribution in [3.05, 3.63) is 53.2 Å². The Morgan fingerprint density at radius 3 is 2.84 bits per heavy atom. The van der Waals surface area contributed by atoms with E-state index in [1.807, 2.05) is 6.92 Å². The summed E-state index contributed by atoms with van der Waals surface area (Å²) in [6, 6.07) is 10.4. The van der Waals surface area contributed by atoms with E-state index in [1.165, 1.54) is 0 Å². The number of rotatable bonds is 4. The Balaban J connectivity index is 2.29. The number of ether oxygens (including phenoxy) is 1. The average Bonchev–Trinajstić information content (AvgIpc) is 2.38. The Labute approximate surface area is 111 Å². The molecule has 0 saturated heterocycles. The predicted molar refractivity (Wildman–Crippen MR) is 72.4 cm³/mol. The smallest absolute Gasteiger partial charge is 0.220 e. The van der Waals surface area contributed by atoms with Crippen molar-refractivity contribution in [1.29, 1.82) is 5.41 Å². The van der Waals surface area contributed by atoms with E-state index in [0.717, 1.165) is 11.3 Å².